The molecule has 3 amide bonds. The Bertz CT molecular complexity index is 976. The third-order valence-electron chi connectivity index (χ3n) is 4.73. The first-order valence-corrected chi connectivity index (χ1v) is 8.96. The van der Waals surface area contributed by atoms with Crippen LogP contribution in [0.5, 0.6) is 0 Å². The number of carboxylic acid groups (broad SMARTS) is 1. The van der Waals surface area contributed by atoms with Crippen molar-refractivity contribution in [2.45, 2.75) is 25.3 Å². The van der Waals surface area contributed by atoms with Crippen LogP contribution in [0, 0.1) is 0 Å². The molecule has 0 spiro atoms. The Balaban J connectivity index is 1.74. The normalized spacial score (nSPS) is 17.0. The summed E-state index contributed by atoms with van der Waals surface area (Å²) in [7, 11) is 1.64. The molecule has 3 N–H and O–H groups in total. The first-order chi connectivity index (χ1) is 13.4. The molecule has 1 aliphatic heterocycles. The van der Waals surface area contributed by atoms with Gasteiger partial charge in [-0.25, -0.2) is 9.59 Å². The third-order valence-corrected chi connectivity index (χ3v) is 4.73. The van der Waals surface area contributed by atoms with E-state index in [4.69, 9.17) is 9.84 Å². The van der Waals surface area contributed by atoms with E-state index in [0.717, 1.165) is 5.56 Å². The minimum absolute atomic E-state index is 0.200. The molecule has 1 aromatic carbocycles. The Morgan fingerprint density at radius 2 is 2.07 bits per heavy atom. The summed E-state index contributed by atoms with van der Waals surface area (Å²) >= 11 is 0. The van der Waals surface area contributed by atoms with Gasteiger partial charge in [0, 0.05) is 20.0 Å². The monoisotopic (exact) mass is 390 g/mol. The van der Waals surface area contributed by atoms with E-state index >= 15 is 0 Å². The van der Waals surface area contributed by atoms with Crippen LogP contribution in [0.3, 0.4) is 0 Å². The van der Waals surface area contributed by atoms with Gasteiger partial charge in [-0.05, 0) is 30.5 Å². The molecule has 0 bridgehead atoms. The second kappa shape index (κ2) is 8.26. The molecule has 2 heterocycles. The fourth-order valence-corrected chi connectivity index (χ4v) is 3.32. The van der Waals surface area contributed by atoms with E-state index in [0.29, 0.717) is 30.5 Å². The van der Waals surface area contributed by atoms with Crippen LogP contribution in [0.2, 0.25) is 0 Å². The van der Waals surface area contributed by atoms with E-state index in [1.807, 2.05) is 12.1 Å². The van der Waals surface area contributed by atoms with Gasteiger partial charge >= 0.3 is 11.8 Å². The predicted octanol–water partition coefficient (Wildman–Crippen LogP) is 0.144. The summed E-state index contributed by atoms with van der Waals surface area (Å²) in [5.74, 6) is -0.784. The molecule has 1 saturated heterocycles. The highest BCUT2D eigenvalue weighted by atomic mass is 16.5. The van der Waals surface area contributed by atoms with Crippen molar-refractivity contribution in [1.82, 2.24) is 19.8 Å². The molecule has 3 rings (SSSR count). The summed E-state index contributed by atoms with van der Waals surface area (Å²) in [6, 6.07) is 4.83. The molecule has 0 radical (unpaired) electrons. The van der Waals surface area contributed by atoms with Crippen LogP contribution in [0.25, 0.3) is 11.0 Å². The summed E-state index contributed by atoms with van der Waals surface area (Å²) in [4.78, 5) is 46.6. The van der Waals surface area contributed by atoms with Gasteiger partial charge in [-0.3, -0.25) is 24.0 Å². The molecule has 1 fully saturated rings. The zero-order valence-electron chi connectivity index (χ0n) is 15.4. The van der Waals surface area contributed by atoms with Crippen molar-refractivity contribution in [1.29, 1.82) is 0 Å². The second-order valence-corrected chi connectivity index (χ2v) is 6.60. The van der Waals surface area contributed by atoms with Crippen molar-refractivity contribution in [3.8, 4) is 0 Å². The lowest BCUT2D eigenvalue weighted by molar-refractivity contribution is -0.135. The van der Waals surface area contributed by atoms with Gasteiger partial charge in [0.25, 0.3) is 0 Å². The Labute approximate surface area is 160 Å². The molecule has 2 aromatic rings. The number of carbonyl (C=O) groups excluding carboxylic acids is 2. The Morgan fingerprint density at radius 3 is 2.79 bits per heavy atom. The van der Waals surface area contributed by atoms with E-state index in [1.54, 1.807) is 13.1 Å². The smallest absolute Gasteiger partial charge is 0.404 e. The van der Waals surface area contributed by atoms with Crippen molar-refractivity contribution in [3.05, 3.63) is 34.2 Å². The summed E-state index contributed by atoms with van der Waals surface area (Å²) in [6.45, 7) is 0.908. The lowest BCUT2D eigenvalue weighted by Gasteiger charge is -2.21. The fraction of sp³-hybridized carbons (Fsp3) is 0.444. The van der Waals surface area contributed by atoms with Gasteiger partial charge in [0.1, 0.15) is 6.04 Å². The number of aryl methyl sites for hydroxylation is 1. The fourth-order valence-electron chi connectivity index (χ4n) is 3.32. The largest absolute Gasteiger partial charge is 0.465 e. The van der Waals surface area contributed by atoms with Crippen molar-refractivity contribution >= 4 is 28.9 Å². The minimum Gasteiger partial charge on any atom is -0.465 e. The Kier molecular flexibility index (Phi) is 5.78. The van der Waals surface area contributed by atoms with E-state index in [-0.39, 0.29) is 31.2 Å². The quantitative estimate of drug-likeness (QED) is 0.455. The zero-order valence-corrected chi connectivity index (χ0v) is 15.4. The number of nitrogens with zero attached hydrogens (tertiary/aromatic N) is 2. The van der Waals surface area contributed by atoms with Crippen LogP contribution in [-0.4, -0.2) is 51.9 Å². The summed E-state index contributed by atoms with van der Waals surface area (Å²) in [6.07, 6.45) is 0.00560. The van der Waals surface area contributed by atoms with Crippen LogP contribution in [-0.2, 0) is 27.8 Å². The number of amides is 3. The zero-order chi connectivity index (χ0) is 20.3. The molecule has 10 nitrogen and oxygen atoms in total. The summed E-state index contributed by atoms with van der Waals surface area (Å²) in [5.41, 5.74) is 1.98. The number of ether oxygens (including phenoxy) is 1. The molecule has 1 atom stereocenters. The molecule has 1 unspecified atom stereocenters. The predicted molar refractivity (Wildman–Crippen MR) is 99.2 cm³/mol. The molecular weight excluding hydrogens is 368 g/mol. The topological polar surface area (TPSA) is 132 Å². The number of hydrogen-bond acceptors (Lipinski definition) is 5. The molecular formula is C18H22N4O6. The summed E-state index contributed by atoms with van der Waals surface area (Å²) in [5, 5.41) is 13.0. The van der Waals surface area contributed by atoms with E-state index in [9.17, 15) is 19.2 Å². The van der Waals surface area contributed by atoms with Crippen LogP contribution < -0.4 is 16.3 Å². The maximum Gasteiger partial charge on any atom is 0.404 e. The number of imidazole rings is 1. The van der Waals surface area contributed by atoms with Gasteiger partial charge in [0.15, 0.2) is 0 Å². The van der Waals surface area contributed by atoms with Crippen LogP contribution in [0.15, 0.2) is 23.0 Å². The minimum atomic E-state index is -1.09. The lowest BCUT2D eigenvalue weighted by Crippen LogP contribution is -2.44. The maximum absolute atomic E-state index is 12.7. The number of fused-ring (bicyclic) bond motifs is 1. The third kappa shape index (κ3) is 4.06. The van der Waals surface area contributed by atoms with Gasteiger partial charge in [0.05, 0.1) is 24.2 Å². The van der Waals surface area contributed by atoms with Gasteiger partial charge in [0.2, 0.25) is 11.8 Å². The highest BCUT2D eigenvalue weighted by Gasteiger charge is 2.31. The van der Waals surface area contributed by atoms with Gasteiger partial charge in [-0.1, -0.05) is 6.07 Å². The molecule has 28 heavy (non-hydrogen) atoms. The number of nitrogens with one attached hydrogen (secondary N) is 2. The first-order valence-electron chi connectivity index (χ1n) is 8.96. The maximum atomic E-state index is 12.7. The average molecular weight is 390 g/mol. The molecule has 0 saturated carbocycles. The molecule has 0 aliphatic carbocycles. The number of rotatable bonds is 7. The highest BCUT2D eigenvalue weighted by Crippen LogP contribution is 2.23. The first kappa shape index (κ1) is 19.6. The number of benzene rings is 1. The SMILES string of the molecule is Cn1c(=O)n(C2CCC(=O)NC2=O)c2ccc(CCOCCNC(=O)O)cc21. The summed E-state index contributed by atoms with van der Waals surface area (Å²) < 4.78 is 8.32. The Morgan fingerprint density at radius 1 is 1.29 bits per heavy atom. The molecule has 1 aromatic heterocycles. The second-order valence-electron chi connectivity index (χ2n) is 6.60. The van der Waals surface area contributed by atoms with Gasteiger partial charge in [-0.2, -0.15) is 0 Å². The molecule has 10 heteroatoms. The standard InChI is InChI=1S/C18H22N4O6/c1-21-14-10-11(6-8-28-9-7-19-17(25)26)2-3-12(14)22(18(21)27)13-4-5-15(23)20-16(13)24/h2-3,10,13,19H,4-9H2,1H3,(H,25,26)(H,20,23,24). The number of hydrogen-bond donors (Lipinski definition) is 3. The van der Waals surface area contributed by atoms with Crippen molar-refractivity contribution < 1.29 is 24.2 Å². The number of aromatic nitrogens is 2. The molecule has 1 aliphatic rings. The lowest BCUT2D eigenvalue weighted by atomic mass is 10.1. The highest BCUT2D eigenvalue weighted by molar-refractivity contribution is 6.00. The van der Waals surface area contributed by atoms with Crippen molar-refractivity contribution in [3.63, 3.8) is 0 Å². The van der Waals surface area contributed by atoms with Crippen LogP contribution in [0.1, 0.15) is 24.4 Å². The van der Waals surface area contributed by atoms with Gasteiger partial charge in [-0.15, -0.1) is 0 Å². The Hall–Kier alpha value is -3.14. The number of carbonyl (C=O) groups is 3. The van der Waals surface area contributed by atoms with Crippen LogP contribution in [0.4, 0.5) is 4.79 Å². The van der Waals surface area contributed by atoms with Crippen LogP contribution >= 0.6 is 0 Å². The average Bonchev–Trinajstić information content (AvgIpc) is 2.89. The van der Waals surface area contributed by atoms with Gasteiger partial charge < -0.3 is 15.2 Å². The number of piperidine rings is 1. The van der Waals surface area contributed by atoms with Crippen molar-refractivity contribution in [2.24, 2.45) is 7.05 Å². The van der Waals surface area contributed by atoms with E-state index in [1.165, 1.54) is 9.13 Å². The van der Waals surface area contributed by atoms with Crippen molar-refractivity contribution in [2.75, 3.05) is 19.8 Å². The number of imide groups is 1. The van der Waals surface area contributed by atoms with E-state index < -0.39 is 18.0 Å². The van der Waals surface area contributed by atoms with E-state index in [2.05, 4.69) is 10.6 Å². The molecule has 150 valence electrons.